The van der Waals surface area contributed by atoms with Gasteiger partial charge in [0.1, 0.15) is 4.99 Å². The third kappa shape index (κ3) is 2.16. The number of nitrogens with zero attached hydrogens (tertiary/aromatic N) is 1. The Morgan fingerprint density at radius 3 is 2.45 bits per heavy atom. The van der Waals surface area contributed by atoms with E-state index in [4.69, 9.17) is 18.0 Å². The first-order valence-corrected chi connectivity index (χ1v) is 7.57. The summed E-state index contributed by atoms with van der Waals surface area (Å²) in [7, 11) is 0. The van der Waals surface area contributed by atoms with Crippen molar-refractivity contribution >= 4 is 33.7 Å². The third-order valence-electron chi connectivity index (χ3n) is 4.26. The molecule has 104 valence electrons. The maximum Gasteiger partial charge on any atom is 0.104 e. The largest absolute Gasteiger partial charge is 0.389 e. The summed E-state index contributed by atoms with van der Waals surface area (Å²) in [4.78, 5) is 2.98. The molecular weight excluding hydrogens is 264 g/mol. The summed E-state index contributed by atoms with van der Waals surface area (Å²) in [5.41, 5.74) is 8.13. The Kier molecular flexibility index (Phi) is 3.38. The van der Waals surface area contributed by atoms with Crippen LogP contribution in [-0.2, 0) is 0 Å². The number of nitrogens with two attached hydrogens (primary N) is 1. The Morgan fingerprint density at radius 2 is 1.85 bits per heavy atom. The molecular formula is C17H20N2S. The lowest BCUT2D eigenvalue weighted by molar-refractivity contribution is 0.625. The van der Waals surface area contributed by atoms with E-state index in [0.717, 1.165) is 23.4 Å². The molecule has 2 aromatic carbocycles. The first-order chi connectivity index (χ1) is 9.58. The van der Waals surface area contributed by atoms with Crippen LogP contribution in [0.3, 0.4) is 0 Å². The molecule has 2 unspecified atom stereocenters. The van der Waals surface area contributed by atoms with E-state index in [2.05, 4.69) is 49.1 Å². The highest BCUT2D eigenvalue weighted by Crippen LogP contribution is 2.35. The number of hydrogen-bond acceptors (Lipinski definition) is 2. The fourth-order valence-electron chi connectivity index (χ4n) is 3.38. The molecule has 0 spiro atoms. The molecule has 3 heteroatoms. The Hall–Kier alpha value is -1.61. The Morgan fingerprint density at radius 1 is 1.15 bits per heavy atom. The number of rotatable bonds is 2. The SMILES string of the molecule is CC1CC(C)N(c2ccc(C(N)=S)c3ccccc23)C1. The first-order valence-electron chi connectivity index (χ1n) is 7.16. The number of thiocarbonyl (C=S) groups is 1. The van der Waals surface area contributed by atoms with E-state index in [1.54, 1.807) is 0 Å². The van der Waals surface area contributed by atoms with Crippen molar-refractivity contribution in [3.05, 3.63) is 42.0 Å². The summed E-state index contributed by atoms with van der Waals surface area (Å²) in [6, 6.07) is 13.2. The van der Waals surface area contributed by atoms with Gasteiger partial charge in [0.05, 0.1) is 0 Å². The smallest absolute Gasteiger partial charge is 0.104 e. The zero-order chi connectivity index (χ0) is 14.3. The van der Waals surface area contributed by atoms with E-state index in [1.807, 2.05) is 6.07 Å². The van der Waals surface area contributed by atoms with Crippen LogP contribution < -0.4 is 10.6 Å². The van der Waals surface area contributed by atoms with Crippen molar-refractivity contribution in [3.8, 4) is 0 Å². The van der Waals surface area contributed by atoms with Crippen LogP contribution in [0.4, 0.5) is 5.69 Å². The standard InChI is InChI=1S/C17H20N2S/c1-11-9-12(2)19(10-11)16-8-7-15(17(18)20)13-5-3-4-6-14(13)16/h3-8,11-12H,9-10H2,1-2H3,(H2,18,20). The van der Waals surface area contributed by atoms with Crippen molar-refractivity contribution < 1.29 is 0 Å². The summed E-state index contributed by atoms with van der Waals surface area (Å²) < 4.78 is 0. The van der Waals surface area contributed by atoms with E-state index >= 15 is 0 Å². The van der Waals surface area contributed by atoms with E-state index in [9.17, 15) is 0 Å². The van der Waals surface area contributed by atoms with E-state index < -0.39 is 0 Å². The van der Waals surface area contributed by atoms with Gasteiger partial charge in [-0.05, 0) is 36.8 Å². The van der Waals surface area contributed by atoms with Gasteiger partial charge in [0.15, 0.2) is 0 Å². The molecule has 0 aliphatic carbocycles. The van der Waals surface area contributed by atoms with Gasteiger partial charge in [0, 0.05) is 29.2 Å². The molecule has 1 saturated heterocycles. The van der Waals surface area contributed by atoms with Crippen molar-refractivity contribution in [2.45, 2.75) is 26.3 Å². The molecule has 0 bridgehead atoms. The first kappa shape index (κ1) is 13.4. The Balaban J connectivity index is 2.18. The van der Waals surface area contributed by atoms with Crippen molar-refractivity contribution in [1.29, 1.82) is 0 Å². The van der Waals surface area contributed by atoms with E-state index in [0.29, 0.717) is 11.0 Å². The number of hydrogen-bond donors (Lipinski definition) is 1. The van der Waals surface area contributed by atoms with Crippen LogP contribution >= 0.6 is 12.2 Å². The van der Waals surface area contributed by atoms with Crippen LogP contribution in [0.15, 0.2) is 36.4 Å². The Bertz CT molecular complexity index is 665. The second-order valence-electron chi connectivity index (χ2n) is 5.88. The second kappa shape index (κ2) is 5.06. The van der Waals surface area contributed by atoms with Gasteiger partial charge in [-0.2, -0.15) is 0 Å². The summed E-state index contributed by atoms with van der Waals surface area (Å²) in [5, 5.41) is 2.41. The minimum atomic E-state index is 0.468. The fourth-order valence-corrected chi connectivity index (χ4v) is 3.56. The van der Waals surface area contributed by atoms with Crippen LogP contribution in [0.2, 0.25) is 0 Å². The Labute approximate surface area is 125 Å². The van der Waals surface area contributed by atoms with Gasteiger partial charge in [-0.3, -0.25) is 0 Å². The highest BCUT2D eigenvalue weighted by molar-refractivity contribution is 7.80. The maximum absolute atomic E-state index is 5.85. The van der Waals surface area contributed by atoms with Gasteiger partial charge in [-0.1, -0.05) is 43.4 Å². The zero-order valence-corrected chi connectivity index (χ0v) is 12.8. The quantitative estimate of drug-likeness (QED) is 0.852. The minimum Gasteiger partial charge on any atom is -0.389 e. The lowest BCUT2D eigenvalue weighted by Crippen LogP contribution is -2.27. The summed E-state index contributed by atoms with van der Waals surface area (Å²) >= 11 is 5.17. The highest BCUT2D eigenvalue weighted by Gasteiger charge is 2.27. The molecule has 3 rings (SSSR count). The van der Waals surface area contributed by atoms with Crippen LogP contribution in [0.25, 0.3) is 10.8 Å². The third-order valence-corrected chi connectivity index (χ3v) is 4.48. The van der Waals surface area contributed by atoms with Gasteiger partial charge in [0.2, 0.25) is 0 Å². The molecule has 2 aromatic rings. The van der Waals surface area contributed by atoms with Crippen molar-refractivity contribution in [2.24, 2.45) is 11.7 Å². The lowest BCUT2D eigenvalue weighted by Gasteiger charge is -2.26. The zero-order valence-electron chi connectivity index (χ0n) is 12.0. The normalized spacial score (nSPS) is 22.4. The van der Waals surface area contributed by atoms with E-state index in [1.165, 1.54) is 17.5 Å². The average Bonchev–Trinajstić information content (AvgIpc) is 2.76. The number of fused-ring (bicyclic) bond motifs is 1. The predicted molar refractivity (Wildman–Crippen MR) is 90.4 cm³/mol. The fraction of sp³-hybridized carbons (Fsp3) is 0.353. The molecule has 0 radical (unpaired) electrons. The highest BCUT2D eigenvalue weighted by atomic mass is 32.1. The van der Waals surface area contributed by atoms with Crippen molar-refractivity contribution in [3.63, 3.8) is 0 Å². The molecule has 1 aliphatic heterocycles. The second-order valence-corrected chi connectivity index (χ2v) is 6.32. The molecule has 0 saturated carbocycles. The van der Waals surface area contributed by atoms with E-state index in [-0.39, 0.29) is 0 Å². The molecule has 1 heterocycles. The number of benzene rings is 2. The predicted octanol–water partition coefficient (Wildman–Crippen LogP) is 3.71. The molecule has 2 atom stereocenters. The lowest BCUT2D eigenvalue weighted by atomic mass is 10.0. The van der Waals surface area contributed by atoms with Gasteiger partial charge >= 0.3 is 0 Å². The molecule has 0 amide bonds. The molecule has 1 aliphatic rings. The molecule has 0 aromatic heterocycles. The molecule has 20 heavy (non-hydrogen) atoms. The van der Waals surface area contributed by atoms with Crippen LogP contribution in [-0.4, -0.2) is 17.6 Å². The monoisotopic (exact) mass is 284 g/mol. The maximum atomic E-state index is 5.85. The molecule has 2 nitrogen and oxygen atoms in total. The van der Waals surface area contributed by atoms with Crippen molar-refractivity contribution in [2.75, 3.05) is 11.4 Å². The summed E-state index contributed by atoms with van der Waals surface area (Å²) in [6.45, 7) is 5.75. The van der Waals surface area contributed by atoms with Gasteiger partial charge in [0.25, 0.3) is 0 Å². The summed E-state index contributed by atoms with van der Waals surface area (Å²) in [5.74, 6) is 0.749. The van der Waals surface area contributed by atoms with Crippen molar-refractivity contribution in [1.82, 2.24) is 0 Å². The number of anilines is 1. The minimum absolute atomic E-state index is 0.468. The van der Waals surface area contributed by atoms with Gasteiger partial charge in [-0.15, -0.1) is 0 Å². The van der Waals surface area contributed by atoms with Crippen LogP contribution in [0, 0.1) is 5.92 Å². The molecule has 2 N–H and O–H groups in total. The summed E-state index contributed by atoms with van der Waals surface area (Å²) in [6.07, 6.45) is 1.26. The average molecular weight is 284 g/mol. The van der Waals surface area contributed by atoms with Crippen LogP contribution in [0.1, 0.15) is 25.8 Å². The topological polar surface area (TPSA) is 29.3 Å². The van der Waals surface area contributed by atoms with Crippen LogP contribution in [0.5, 0.6) is 0 Å². The van der Waals surface area contributed by atoms with Gasteiger partial charge < -0.3 is 10.6 Å². The molecule has 1 fully saturated rings. The van der Waals surface area contributed by atoms with Gasteiger partial charge in [-0.25, -0.2) is 0 Å².